The summed E-state index contributed by atoms with van der Waals surface area (Å²) in [6.45, 7) is 9.11. The van der Waals surface area contributed by atoms with E-state index in [4.69, 9.17) is 0 Å². The standard InChI is InChI=1S/C13H28N2O/c1-6-8-11(9-7-2)15-10-13(3,4)12(16)14-5/h11,15H,6-10H2,1-5H3,(H,14,16). The van der Waals surface area contributed by atoms with Crippen LogP contribution in [-0.4, -0.2) is 25.5 Å². The van der Waals surface area contributed by atoms with Crippen LogP contribution in [0.2, 0.25) is 0 Å². The predicted molar refractivity (Wildman–Crippen MR) is 69.5 cm³/mol. The van der Waals surface area contributed by atoms with Gasteiger partial charge in [0.2, 0.25) is 5.91 Å². The minimum absolute atomic E-state index is 0.103. The van der Waals surface area contributed by atoms with E-state index in [1.54, 1.807) is 7.05 Å². The molecule has 0 rings (SSSR count). The Morgan fingerprint density at radius 2 is 1.69 bits per heavy atom. The summed E-state index contributed by atoms with van der Waals surface area (Å²) in [5.74, 6) is 0.103. The van der Waals surface area contributed by atoms with Crippen LogP contribution in [0.5, 0.6) is 0 Å². The van der Waals surface area contributed by atoms with Crippen LogP contribution in [0, 0.1) is 5.41 Å². The molecule has 96 valence electrons. The second-order valence-corrected chi connectivity index (χ2v) is 5.12. The Labute approximate surface area is 100 Å². The van der Waals surface area contributed by atoms with Gasteiger partial charge in [-0.3, -0.25) is 4.79 Å². The van der Waals surface area contributed by atoms with Gasteiger partial charge in [-0.1, -0.05) is 26.7 Å². The van der Waals surface area contributed by atoms with Crippen molar-refractivity contribution in [2.45, 2.75) is 59.4 Å². The van der Waals surface area contributed by atoms with Crippen molar-refractivity contribution in [1.82, 2.24) is 10.6 Å². The summed E-state index contributed by atoms with van der Waals surface area (Å²) in [5, 5.41) is 6.23. The molecule has 2 N–H and O–H groups in total. The Morgan fingerprint density at radius 3 is 2.06 bits per heavy atom. The van der Waals surface area contributed by atoms with Crippen LogP contribution < -0.4 is 10.6 Å². The van der Waals surface area contributed by atoms with Gasteiger partial charge in [0.25, 0.3) is 0 Å². The molecule has 0 saturated carbocycles. The monoisotopic (exact) mass is 228 g/mol. The first-order chi connectivity index (χ1) is 7.47. The van der Waals surface area contributed by atoms with Crippen molar-refractivity contribution in [1.29, 1.82) is 0 Å². The molecule has 0 aliphatic heterocycles. The molecule has 0 atom stereocenters. The molecule has 0 fully saturated rings. The normalized spacial score (nSPS) is 11.9. The van der Waals surface area contributed by atoms with Crippen molar-refractivity contribution in [2.24, 2.45) is 5.41 Å². The van der Waals surface area contributed by atoms with E-state index in [9.17, 15) is 4.79 Å². The van der Waals surface area contributed by atoms with E-state index in [-0.39, 0.29) is 11.3 Å². The molecule has 0 saturated heterocycles. The smallest absolute Gasteiger partial charge is 0.226 e. The summed E-state index contributed by atoms with van der Waals surface area (Å²) in [7, 11) is 1.69. The van der Waals surface area contributed by atoms with E-state index >= 15 is 0 Å². The molecule has 0 spiro atoms. The van der Waals surface area contributed by atoms with Gasteiger partial charge in [-0.05, 0) is 26.7 Å². The van der Waals surface area contributed by atoms with Gasteiger partial charge in [0.15, 0.2) is 0 Å². The summed E-state index contributed by atoms with van der Waals surface area (Å²) < 4.78 is 0. The summed E-state index contributed by atoms with van der Waals surface area (Å²) in [4.78, 5) is 11.6. The zero-order valence-electron chi connectivity index (χ0n) is 11.5. The van der Waals surface area contributed by atoms with Crippen molar-refractivity contribution in [3.63, 3.8) is 0 Å². The van der Waals surface area contributed by atoms with Crippen molar-refractivity contribution in [3.05, 3.63) is 0 Å². The van der Waals surface area contributed by atoms with E-state index in [2.05, 4.69) is 24.5 Å². The van der Waals surface area contributed by atoms with E-state index in [1.807, 2.05) is 13.8 Å². The average molecular weight is 228 g/mol. The van der Waals surface area contributed by atoms with Gasteiger partial charge in [-0.15, -0.1) is 0 Å². The van der Waals surface area contributed by atoms with E-state index < -0.39 is 0 Å². The zero-order valence-corrected chi connectivity index (χ0v) is 11.5. The fourth-order valence-electron chi connectivity index (χ4n) is 1.86. The van der Waals surface area contributed by atoms with Gasteiger partial charge in [0.05, 0.1) is 5.41 Å². The molecule has 3 heteroatoms. The Kier molecular flexibility index (Phi) is 7.39. The highest BCUT2D eigenvalue weighted by Crippen LogP contribution is 2.15. The molecule has 16 heavy (non-hydrogen) atoms. The quantitative estimate of drug-likeness (QED) is 0.669. The number of hydrogen-bond acceptors (Lipinski definition) is 2. The lowest BCUT2D eigenvalue weighted by Crippen LogP contribution is -2.45. The third-order valence-electron chi connectivity index (χ3n) is 2.95. The number of carbonyl (C=O) groups is 1. The third-order valence-corrected chi connectivity index (χ3v) is 2.95. The summed E-state index contributed by atoms with van der Waals surface area (Å²) in [5.41, 5.74) is -0.325. The second kappa shape index (κ2) is 7.66. The van der Waals surface area contributed by atoms with E-state index in [0.717, 1.165) is 6.54 Å². The zero-order chi connectivity index (χ0) is 12.6. The van der Waals surface area contributed by atoms with Crippen LogP contribution in [0.3, 0.4) is 0 Å². The fraction of sp³-hybridized carbons (Fsp3) is 0.923. The van der Waals surface area contributed by atoms with Crippen LogP contribution in [0.25, 0.3) is 0 Å². The highest BCUT2D eigenvalue weighted by Gasteiger charge is 2.26. The maximum absolute atomic E-state index is 11.6. The minimum atomic E-state index is -0.325. The first-order valence-electron chi connectivity index (χ1n) is 6.43. The van der Waals surface area contributed by atoms with E-state index in [1.165, 1.54) is 25.7 Å². The molecule has 0 aromatic carbocycles. The Morgan fingerprint density at radius 1 is 1.19 bits per heavy atom. The van der Waals surface area contributed by atoms with Gasteiger partial charge >= 0.3 is 0 Å². The van der Waals surface area contributed by atoms with Crippen LogP contribution in [0.1, 0.15) is 53.4 Å². The van der Waals surface area contributed by atoms with Gasteiger partial charge in [-0.2, -0.15) is 0 Å². The van der Waals surface area contributed by atoms with Crippen LogP contribution in [-0.2, 0) is 4.79 Å². The highest BCUT2D eigenvalue weighted by atomic mass is 16.2. The predicted octanol–water partition coefficient (Wildman–Crippen LogP) is 2.32. The molecule has 0 unspecified atom stereocenters. The molecule has 1 amide bonds. The molecule has 0 aromatic rings. The maximum Gasteiger partial charge on any atom is 0.226 e. The lowest BCUT2D eigenvalue weighted by Gasteiger charge is -2.26. The Balaban J connectivity index is 4.12. The number of rotatable bonds is 8. The SMILES string of the molecule is CCCC(CCC)NCC(C)(C)C(=O)NC. The van der Waals surface area contributed by atoms with Crippen molar-refractivity contribution in [2.75, 3.05) is 13.6 Å². The molecule has 0 aliphatic rings. The van der Waals surface area contributed by atoms with Gasteiger partial charge in [-0.25, -0.2) is 0 Å². The lowest BCUT2D eigenvalue weighted by atomic mass is 9.91. The molecular weight excluding hydrogens is 200 g/mol. The minimum Gasteiger partial charge on any atom is -0.359 e. The topological polar surface area (TPSA) is 41.1 Å². The number of nitrogens with one attached hydrogen (secondary N) is 2. The molecule has 3 nitrogen and oxygen atoms in total. The first kappa shape index (κ1) is 15.4. The molecule has 0 aromatic heterocycles. The molecule has 0 aliphatic carbocycles. The Hall–Kier alpha value is -0.570. The van der Waals surface area contributed by atoms with Gasteiger partial charge in [0.1, 0.15) is 0 Å². The third kappa shape index (κ3) is 5.50. The maximum atomic E-state index is 11.6. The van der Waals surface area contributed by atoms with E-state index in [0.29, 0.717) is 6.04 Å². The largest absolute Gasteiger partial charge is 0.359 e. The Bertz CT molecular complexity index is 196. The highest BCUT2D eigenvalue weighted by molar-refractivity contribution is 5.81. The summed E-state index contributed by atoms with van der Waals surface area (Å²) in [6, 6.07) is 0.555. The number of carbonyl (C=O) groups excluding carboxylic acids is 1. The summed E-state index contributed by atoms with van der Waals surface area (Å²) >= 11 is 0. The van der Waals surface area contributed by atoms with Crippen LogP contribution >= 0.6 is 0 Å². The van der Waals surface area contributed by atoms with Crippen molar-refractivity contribution in [3.8, 4) is 0 Å². The van der Waals surface area contributed by atoms with Crippen LogP contribution in [0.4, 0.5) is 0 Å². The van der Waals surface area contributed by atoms with Gasteiger partial charge in [0, 0.05) is 19.6 Å². The van der Waals surface area contributed by atoms with Gasteiger partial charge < -0.3 is 10.6 Å². The summed E-state index contributed by atoms with van der Waals surface area (Å²) in [6.07, 6.45) is 4.77. The number of hydrogen-bond donors (Lipinski definition) is 2. The fourth-order valence-corrected chi connectivity index (χ4v) is 1.86. The molecule has 0 radical (unpaired) electrons. The average Bonchev–Trinajstić information content (AvgIpc) is 2.25. The van der Waals surface area contributed by atoms with Crippen molar-refractivity contribution < 1.29 is 4.79 Å². The molecule has 0 bridgehead atoms. The molecular formula is C13H28N2O. The molecule has 0 heterocycles. The first-order valence-corrected chi connectivity index (χ1v) is 6.43. The number of amides is 1. The van der Waals surface area contributed by atoms with Crippen LogP contribution in [0.15, 0.2) is 0 Å². The lowest BCUT2D eigenvalue weighted by molar-refractivity contribution is -0.128. The second-order valence-electron chi connectivity index (χ2n) is 5.12. The van der Waals surface area contributed by atoms with Crippen molar-refractivity contribution >= 4 is 5.91 Å².